The molecule has 0 aromatic heterocycles. The Bertz CT molecular complexity index is 1190. The highest BCUT2D eigenvalue weighted by Gasteiger charge is 2.33. The lowest BCUT2D eigenvalue weighted by atomic mass is 9.86. The smallest absolute Gasteiger partial charge is 0.245 e. The van der Waals surface area contributed by atoms with Gasteiger partial charge in [0.2, 0.25) is 21.8 Å². The van der Waals surface area contributed by atoms with Gasteiger partial charge in [0, 0.05) is 13.1 Å². The molecule has 8 nitrogen and oxygen atoms in total. The minimum absolute atomic E-state index is 0.0921. The number of halogens is 1. The zero-order chi connectivity index (χ0) is 27.2. The van der Waals surface area contributed by atoms with Gasteiger partial charge >= 0.3 is 0 Å². The number of aryl methyl sites for hydroxylation is 1. The van der Waals surface area contributed by atoms with Gasteiger partial charge in [0.25, 0.3) is 0 Å². The lowest BCUT2D eigenvalue weighted by Crippen LogP contribution is -2.57. The molecule has 1 aliphatic rings. The number of benzene rings is 2. The van der Waals surface area contributed by atoms with Gasteiger partial charge in [0.15, 0.2) is 0 Å². The van der Waals surface area contributed by atoms with Gasteiger partial charge in [-0.3, -0.25) is 9.59 Å². The molecule has 0 saturated carbocycles. The van der Waals surface area contributed by atoms with E-state index in [9.17, 15) is 22.4 Å². The van der Waals surface area contributed by atoms with Crippen LogP contribution in [0.15, 0.2) is 48.5 Å². The molecule has 1 atom stereocenters. The number of carbonyl (C=O) groups is 2. The molecule has 0 unspecified atom stereocenters. The number of nitrogens with two attached hydrogens (primary N) is 1. The Kier molecular flexibility index (Phi) is 9.44. The van der Waals surface area contributed by atoms with Crippen molar-refractivity contribution in [1.29, 1.82) is 0 Å². The van der Waals surface area contributed by atoms with Crippen LogP contribution in [0.4, 0.5) is 4.39 Å². The van der Waals surface area contributed by atoms with Gasteiger partial charge in [0.05, 0.1) is 11.3 Å². The van der Waals surface area contributed by atoms with E-state index < -0.39 is 27.5 Å². The fourth-order valence-electron chi connectivity index (χ4n) is 4.54. The van der Waals surface area contributed by atoms with Crippen molar-refractivity contribution in [3.8, 4) is 0 Å². The number of hydrogen-bond donors (Lipinski definition) is 3. The van der Waals surface area contributed by atoms with E-state index in [1.165, 1.54) is 19.2 Å². The van der Waals surface area contributed by atoms with Crippen LogP contribution in [0.25, 0.3) is 0 Å². The predicted octanol–water partition coefficient (Wildman–Crippen LogP) is 2.44. The highest BCUT2D eigenvalue weighted by atomic mass is 32.2. The summed E-state index contributed by atoms with van der Waals surface area (Å²) in [5, 5.41) is 2.82. The Hall–Kier alpha value is -2.82. The van der Waals surface area contributed by atoms with E-state index in [2.05, 4.69) is 10.0 Å². The molecule has 1 heterocycles. The van der Waals surface area contributed by atoms with Crippen LogP contribution in [0.2, 0.25) is 0 Å². The molecule has 4 N–H and O–H groups in total. The fraction of sp³-hybridized carbons (Fsp3) is 0.481. The first kappa shape index (κ1) is 28.7. The zero-order valence-corrected chi connectivity index (χ0v) is 22.5. The van der Waals surface area contributed by atoms with Crippen molar-refractivity contribution in [3.63, 3.8) is 0 Å². The molecule has 1 aliphatic heterocycles. The minimum Gasteiger partial charge on any atom is -0.343 e. The van der Waals surface area contributed by atoms with E-state index in [1.807, 2.05) is 24.3 Å². The third-order valence-corrected chi connectivity index (χ3v) is 8.09. The molecule has 0 spiro atoms. The summed E-state index contributed by atoms with van der Waals surface area (Å²) in [6.45, 7) is 4.15. The second kappa shape index (κ2) is 12.1. The third kappa shape index (κ3) is 8.08. The van der Waals surface area contributed by atoms with Crippen molar-refractivity contribution in [2.24, 2.45) is 5.73 Å². The Morgan fingerprint density at radius 3 is 2.32 bits per heavy atom. The van der Waals surface area contributed by atoms with Crippen molar-refractivity contribution in [1.82, 2.24) is 14.9 Å². The lowest BCUT2D eigenvalue weighted by Gasteiger charge is -2.35. The summed E-state index contributed by atoms with van der Waals surface area (Å²) in [5.74, 6) is -0.889. The number of rotatable bonds is 10. The van der Waals surface area contributed by atoms with Crippen molar-refractivity contribution >= 4 is 21.8 Å². The first-order chi connectivity index (χ1) is 17.4. The number of sulfonamides is 1. The van der Waals surface area contributed by atoms with E-state index in [-0.39, 0.29) is 23.4 Å². The first-order valence-corrected chi connectivity index (χ1v) is 14.2. The maximum Gasteiger partial charge on any atom is 0.245 e. The summed E-state index contributed by atoms with van der Waals surface area (Å²) < 4.78 is 39.9. The summed E-state index contributed by atoms with van der Waals surface area (Å²) in [5.41, 5.74) is 7.43. The molecule has 10 heteroatoms. The van der Waals surface area contributed by atoms with Crippen molar-refractivity contribution in [2.45, 2.75) is 62.8 Å². The number of piperidine rings is 1. The Balaban J connectivity index is 1.69. The Morgan fingerprint density at radius 2 is 1.73 bits per heavy atom. The van der Waals surface area contributed by atoms with Gasteiger partial charge in [-0.1, -0.05) is 36.4 Å². The molecule has 0 aliphatic carbocycles. The van der Waals surface area contributed by atoms with Crippen LogP contribution < -0.4 is 15.8 Å². The average molecular weight is 533 g/mol. The van der Waals surface area contributed by atoms with Gasteiger partial charge in [-0.2, -0.15) is 0 Å². The standard InChI is InChI=1S/C27H37FN4O4S/c1-27(2,29)26(34)31-24(13-10-19-8-11-22(28)12-9-19)25(33)32-16-14-20(15-17-32)23-7-5-4-6-21(23)18-37(35,36)30-3/h4-9,11-12,20,24,30H,10,13-18,29H2,1-3H3,(H,31,34)/t24-/m1/s1. The summed E-state index contributed by atoms with van der Waals surface area (Å²) >= 11 is 0. The SMILES string of the molecule is CNS(=O)(=O)Cc1ccccc1C1CCN(C(=O)[C@@H](CCc2ccc(F)cc2)NC(=O)C(C)(C)N)CC1. The van der Waals surface area contributed by atoms with Crippen molar-refractivity contribution in [3.05, 3.63) is 71.0 Å². The number of amides is 2. The van der Waals surface area contributed by atoms with Crippen molar-refractivity contribution in [2.75, 3.05) is 20.1 Å². The molecule has 2 aromatic carbocycles. The molecule has 202 valence electrons. The second-order valence-corrected chi connectivity index (χ2v) is 12.1. The zero-order valence-electron chi connectivity index (χ0n) is 21.7. The van der Waals surface area contributed by atoms with Gasteiger partial charge in [-0.15, -0.1) is 0 Å². The van der Waals surface area contributed by atoms with Crippen LogP contribution in [0.5, 0.6) is 0 Å². The number of likely N-dealkylation sites (tertiary alicyclic amines) is 1. The molecule has 1 saturated heterocycles. The summed E-state index contributed by atoms with van der Waals surface area (Å²) in [4.78, 5) is 27.9. The minimum atomic E-state index is -3.41. The Morgan fingerprint density at radius 1 is 1.11 bits per heavy atom. The molecular weight excluding hydrogens is 495 g/mol. The molecule has 37 heavy (non-hydrogen) atoms. The van der Waals surface area contributed by atoms with E-state index in [0.717, 1.165) is 16.7 Å². The third-order valence-electron chi connectivity index (χ3n) is 6.78. The molecule has 0 radical (unpaired) electrons. The van der Waals surface area contributed by atoms with Gasteiger partial charge in [-0.25, -0.2) is 17.5 Å². The van der Waals surface area contributed by atoms with E-state index in [4.69, 9.17) is 5.73 Å². The van der Waals surface area contributed by atoms with Gasteiger partial charge < -0.3 is 16.0 Å². The van der Waals surface area contributed by atoms with Crippen LogP contribution >= 0.6 is 0 Å². The average Bonchev–Trinajstić information content (AvgIpc) is 2.86. The number of carbonyl (C=O) groups excluding carboxylic acids is 2. The van der Waals surface area contributed by atoms with Crippen LogP contribution in [0, 0.1) is 5.82 Å². The quantitative estimate of drug-likeness (QED) is 0.434. The maximum atomic E-state index is 13.5. The number of nitrogens with one attached hydrogen (secondary N) is 2. The maximum absolute atomic E-state index is 13.5. The largest absolute Gasteiger partial charge is 0.343 e. The van der Waals surface area contributed by atoms with Crippen molar-refractivity contribution < 1.29 is 22.4 Å². The molecule has 1 fully saturated rings. The summed E-state index contributed by atoms with van der Waals surface area (Å²) in [6, 6.07) is 12.8. The predicted molar refractivity (Wildman–Crippen MR) is 142 cm³/mol. The normalized spacial score (nSPS) is 15.9. The molecular formula is C27H37FN4O4S. The first-order valence-electron chi connectivity index (χ1n) is 12.5. The van der Waals surface area contributed by atoms with Crippen LogP contribution in [-0.4, -0.2) is 56.9 Å². The highest BCUT2D eigenvalue weighted by molar-refractivity contribution is 7.88. The van der Waals surface area contributed by atoms with Crippen LogP contribution in [0.3, 0.4) is 0 Å². The molecule has 0 bridgehead atoms. The van der Waals surface area contributed by atoms with E-state index in [1.54, 1.807) is 30.9 Å². The second-order valence-electron chi connectivity index (χ2n) is 10.2. The number of nitrogens with zero attached hydrogens (tertiary/aromatic N) is 1. The van der Waals surface area contributed by atoms with Crippen LogP contribution in [-0.2, 0) is 31.8 Å². The topological polar surface area (TPSA) is 122 Å². The molecule has 3 rings (SSSR count). The Labute approximate surface area is 218 Å². The van der Waals surface area contributed by atoms with Gasteiger partial charge in [-0.05, 0) is 81.3 Å². The monoisotopic (exact) mass is 532 g/mol. The fourth-order valence-corrected chi connectivity index (χ4v) is 5.35. The molecule has 2 aromatic rings. The summed E-state index contributed by atoms with van der Waals surface area (Å²) in [6.07, 6.45) is 2.22. The molecule has 2 amide bonds. The summed E-state index contributed by atoms with van der Waals surface area (Å²) in [7, 11) is -2.01. The highest BCUT2D eigenvalue weighted by Crippen LogP contribution is 2.31. The van der Waals surface area contributed by atoms with Gasteiger partial charge in [0.1, 0.15) is 11.9 Å². The van der Waals surface area contributed by atoms with E-state index >= 15 is 0 Å². The van der Waals surface area contributed by atoms with E-state index in [0.29, 0.717) is 38.8 Å². The lowest BCUT2D eigenvalue weighted by molar-refractivity contribution is -0.138. The van der Waals surface area contributed by atoms with Crippen LogP contribution in [0.1, 0.15) is 55.7 Å². The number of hydrogen-bond acceptors (Lipinski definition) is 5.